The summed E-state index contributed by atoms with van der Waals surface area (Å²) in [4.78, 5) is 72.6. The van der Waals surface area contributed by atoms with Crippen LogP contribution in [0.15, 0.2) is 0 Å². The van der Waals surface area contributed by atoms with Crippen molar-refractivity contribution in [3.05, 3.63) is 0 Å². The van der Waals surface area contributed by atoms with Gasteiger partial charge in [0.15, 0.2) is 12.2 Å². The number of carbonyl (C=O) groups excluding carboxylic acids is 4. The van der Waals surface area contributed by atoms with Gasteiger partial charge in [-0.25, -0.2) is 9.13 Å². The van der Waals surface area contributed by atoms with Crippen molar-refractivity contribution in [2.45, 2.75) is 381 Å². The maximum absolute atomic E-state index is 13.0. The molecule has 0 saturated heterocycles. The monoisotopic (exact) mass is 1340 g/mol. The molecule has 0 radical (unpaired) electrons. The summed E-state index contributed by atoms with van der Waals surface area (Å²) in [7, 11) is -9.91. The molecule has 0 spiro atoms. The van der Waals surface area contributed by atoms with Crippen LogP contribution in [0.5, 0.6) is 0 Å². The molecule has 0 aliphatic rings. The van der Waals surface area contributed by atoms with Gasteiger partial charge in [0, 0.05) is 25.7 Å². The van der Waals surface area contributed by atoms with Crippen molar-refractivity contribution >= 4 is 39.5 Å². The van der Waals surface area contributed by atoms with Crippen LogP contribution in [0.2, 0.25) is 0 Å². The molecule has 5 atom stereocenters. The molecule has 0 aliphatic carbocycles. The van der Waals surface area contributed by atoms with Gasteiger partial charge >= 0.3 is 39.5 Å². The van der Waals surface area contributed by atoms with Crippen molar-refractivity contribution in [3.63, 3.8) is 0 Å². The molecule has 19 heteroatoms. The highest BCUT2D eigenvalue weighted by atomic mass is 31.2. The van der Waals surface area contributed by atoms with Crippen LogP contribution in [0.3, 0.4) is 0 Å². The molecule has 540 valence electrons. The fourth-order valence-corrected chi connectivity index (χ4v) is 12.5. The molecule has 0 aliphatic heterocycles. The number of unbranched alkanes of at least 4 members (excludes halogenated alkanes) is 38. The third-order valence-electron chi connectivity index (χ3n) is 16.6. The molecule has 0 heterocycles. The highest BCUT2D eigenvalue weighted by Gasteiger charge is 2.30. The first-order valence-corrected chi connectivity index (χ1v) is 40.3. The number of hydrogen-bond donors (Lipinski definition) is 3. The minimum absolute atomic E-state index is 0.105. The molecule has 0 aromatic carbocycles. The van der Waals surface area contributed by atoms with Gasteiger partial charge in [-0.15, -0.1) is 0 Å². The van der Waals surface area contributed by atoms with E-state index < -0.39 is 97.5 Å². The number of ether oxygens (including phenoxy) is 4. The van der Waals surface area contributed by atoms with Gasteiger partial charge in [-0.2, -0.15) is 0 Å². The second-order valence-electron chi connectivity index (χ2n) is 27.4. The average Bonchev–Trinajstić information content (AvgIpc) is 3.35. The lowest BCUT2D eigenvalue weighted by atomic mass is 10.0. The lowest BCUT2D eigenvalue weighted by Gasteiger charge is -2.21. The van der Waals surface area contributed by atoms with Gasteiger partial charge in [0.25, 0.3) is 0 Å². The number of carbonyl (C=O) groups is 4. The van der Waals surface area contributed by atoms with E-state index in [0.29, 0.717) is 25.7 Å². The lowest BCUT2D eigenvalue weighted by Crippen LogP contribution is -2.30. The van der Waals surface area contributed by atoms with Crippen molar-refractivity contribution in [2.75, 3.05) is 39.6 Å². The molecule has 17 nitrogen and oxygen atoms in total. The second-order valence-corrected chi connectivity index (χ2v) is 30.3. The minimum Gasteiger partial charge on any atom is -0.462 e. The van der Waals surface area contributed by atoms with E-state index in [0.717, 1.165) is 108 Å². The SMILES string of the molecule is CCCCCCCCCCCCCCCCCCC(=O)O[C@H](COC(=O)CCCCCCCCCCCC(C)C)COP(=O)(O)OC[C@@H](O)COP(=O)(O)OC[C@@H](COC(=O)CCCCCCCCCCC(C)C)OC(=O)CCCCCCCCCCCC(C)C. The number of aliphatic hydroxyl groups excluding tert-OH is 1. The molecule has 0 aromatic heterocycles. The largest absolute Gasteiger partial charge is 0.472 e. The van der Waals surface area contributed by atoms with Gasteiger partial charge in [0.2, 0.25) is 0 Å². The molecule has 0 aromatic rings. The van der Waals surface area contributed by atoms with Gasteiger partial charge in [-0.3, -0.25) is 37.3 Å². The summed E-state index contributed by atoms with van der Waals surface area (Å²) >= 11 is 0. The normalized spacial score (nSPS) is 14.2. The van der Waals surface area contributed by atoms with Crippen molar-refractivity contribution in [3.8, 4) is 0 Å². The Morgan fingerprint density at radius 2 is 0.505 bits per heavy atom. The van der Waals surface area contributed by atoms with Crippen molar-refractivity contribution in [1.82, 2.24) is 0 Å². The van der Waals surface area contributed by atoms with E-state index >= 15 is 0 Å². The first-order valence-electron chi connectivity index (χ1n) is 37.3. The highest BCUT2D eigenvalue weighted by molar-refractivity contribution is 7.47. The maximum atomic E-state index is 13.0. The van der Waals surface area contributed by atoms with Crippen molar-refractivity contribution in [1.29, 1.82) is 0 Å². The summed E-state index contributed by atoms with van der Waals surface area (Å²) in [5.41, 5.74) is 0. The van der Waals surface area contributed by atoms with E-state index in [1.54, 1.807) is 0 Å². The van der Waals surface area contributed by atoms with Gasteiger partial charge in [0.05, 0.1) is 26.4 Å². The minimum atomic E-state index is -4.95. The average molecular weight is 1340 g/mol. The summed E-state index contributed by atoms with van der Waals surface area (Å²) in [6.45, 7) is 11.8. The van der Waals surface area contributed by atoms with Crippen LogP contribution >= 0.6 is 15.6 Å². The van der Waals surface area contributed by atoms with Crippen LogP contribution in [0.25, 0.3) is 0 Å². The molecule has 2 unspecified atom stereocenters. The Hall–Kier alpha value is -1.94. The van der Waals surface area contributed by atoms with Gasteiger partial charge < -0.3 is 33.8 Å². The van der Waals surface area contributed by atoms with Crippen molar-refractivity contribution < 1.29 is 80.2 Å². The Bertz CT molecular complexity index is 1780. The first kappa shape index (κ1) is 89.1. The predicted molar refractivity (Wildman–Crippen MR) is 368 cm³/mol. The quantitative estimate of drug-likeness (QED) is 0.0222. The zero-order valence-corrected chi connectivity index (χ0v) is 61.1. The van der Waals surface area contributed by atoms with E-state index in [2.05, 4.69) is 48.5 Å². The maximum Gasteiger partial charge on any atom is 0.472 e. The lowest BCUT2D eigenvalue weighted by molar-refractivity contribution is -0.161. The Kier molecular flexibility index (Phi) is 61.5. The van der Waals surface area contributed by atoms with Crippen LogP contribution in [0.4, 0.5) is 0 Å². The molecule has 0 bridgehead atoms. The first-order chi connectivity index (χ1) is 43.7. The van der Waals surface area contributed by atoms with Crippen LogP contribution in [0, 0.1) is 17.8 Å². The number of esters is 4. The zero-order chi connectivity index (χ0) is 67.3. The van der Waals surface area contributed by atoms with Crippen LogP contribution in [-0.2, 0) is 65.4 Å². The third kappa shape index (κ3) is 66.5. The summed E-state index contributed by atoms with van der Waals surface area (Å²) < 4.78 is 68.4. The van der Waals surface area contributed by atoms with E-state index in [1.807, 2.05) is 0 Å². The molecule has 0 rings (SSSR count). The summed E-state index contributed by atoms with van der Waals surface area (Å²) in [6, 6.07) is 0. The fraction of sp³-hybridized carbons (Fsp3) is 0.944. The standard InChI is InChI=1S/C72H140O17P2/c1-8-9-10-11-12-13-14-15-16-17-18-19-24-34-41-48-55-71(76)88-67(59-82-69(74)53-46-39-32-25-20-22-29-36-43-50-63(2)3)61-86-90(78,79)84-57-66(73)58-85-91(80,81)87-62-68(60-83-70(75)54-47-40-33-28-27-31-38-45-52-65(6)7)89-72(77)56-49-42-35-26-21-23-30-37-44-51-64(4)5/h63-68,73H,8-62H2,1-7H3,(H,78,79)(H,80,81)/t66-,67-,68-/m1/s1. The van der Waals surface area contributed by atoms with Crippen LogP contribution in [-0.4, -0.2) is 96.7 Å². The molecular formula is C72H140O17P2. The van der Waals surface area contributed by atoms with Gasteiger partial charge in [-0.1, -0.05) is 312 Å². The number of hydrogen-bond acceptors (Lipinski definition) is 15. The number of rotatable bonds is 70. The third-order valence-corrected chi connectivity index (χ3v) is 18.5. The summed E-state index contributed by atoms with van der Waals surface area (Å²) in [6.07, 6.45) is 47.2. The molecule has 0 fully saturated rings. The van der Waals surface area contributed by atoms with Crippen LogP contribution < -0.4 is 0 Å². The molecule has 0 amide bonds. The number of phosphoric acid groups is 2. The molecule has 0 saturated carbocycles. The Labute approximate surface area is 556 Å². The Morgan fingerprint density at radius 3 is 0.747 bits per heavy atom. The molecule has 91 heavy (non-hydrogen) atoms. The van der Waals surface area contributed by atoms with E-state index in [-0.39, 0.29) is 25.7 Å². The summed E-state index contributed by atoms with van der Waals surface area (Å²) in [5, 5.41) is 10.6. The number of aliphatic hydroxyl groups is 1. The fourth-order valence-electron chi connectivity index (χ4n) is 10.9. The van der Waals surface area contributed by atoms with Crippen LogP contribution in [0.1, 0.15) is 363 Å². The smallest absolute Gasteiger partial charge is 0.462 e. The molecular weight excluding hydrogens is 1200 g/mol. The Balaban J connectivity index is 5.25. The van der Waals surface area contributed by atoms with Gasteiger partial charge in [0.1, 0.15) is 19.3 Å². The zero-order valence-electron chi connectivity index (χ0n) is 59.3. The van der Waals surface area contributed by atoms with E-state index in [4.69, 9.17) is 37.0 Å². The Morgan fingerprint density at radius 1 is 0.297 bits per heavy atom. The van der Waals surface area contributed by atoms with Gasteiger partial charge in [-0.05, 0) is 43.4 Å². The predicted octanol–water partition coefficient (Wildman–Crippen LogP) is 20.6. The molecule has 3 N–H and O–H groups in total. The van der Waals surface area contributed by atoms with E-state index in [9.17, 15) is 43.2 Å². The summed E-state index contributed by atoms with van der Waals surface area (Å²) in [5.74, 6) is 0.0827. The second kappa shape index (κ2) is 62.8. The topological polar surface area (TPSA) is 237 Å². The number of phosphoric ester groups is 2. The van der Waals surface area contributed by atoms with Crippen molar-refractivity contribution in [2.24, 2.45) is 17.8 Å². The highest BCUT2D eigenvalue weighted by Crippen LogP contribution is 2.45. The van der Waals surface area contributed by atoms with E-state index in [1.165, 1.54) is 173 Å².